The van der Waals surface area contributed by atoms with E-state index in [0.29, 0.717) is 17.0 Å². The van der Waals surface area contributed by atoms with E-state index in [4.69, 9.17) is 5.73 Å². The van der Waals surface area contributed by atoms with Crippen LogP contribution in [0.15, 0.2) is 29.1 Å². The number of carbonyl (C=O) groups is 1. The lowest BCUT2D eigenvalue weighted by molar-refractivity contribution is 0.0997. The van der Waals surface area contributed by atoms with Crippen LogP contribution in [0.5, 0.6) is 0 Å². The number of imidazole rings is 1. The standard InChI is InChI=1S/C19H21N5O2/c1-11-7-5-6-10-13(11)17-21-14(16(20)25)15-18(23-17)24(19(26)22-15)12-8-3-2-4-9-12/h5-7,10,12H,2-4,8-9H2,1H3,(H2,20,25)(H,22,26). The molecule has 0 spiro atoms. The number of H-pyrrole nitrogens is 1. The second kappa shape index (κ2) is 6.40. The lowest BCUT2D eigenvalue weighted by Crippen LogP contribution is -2.24. The number of carbonyl (C=O) groups excluding carboxylic acids is 1. The Hall–Kier alpha value is -2.96. The highest BCUT2D eigenvalue weighted by atomic mass is 16.2. The number of amides is 1. The van der Waals surface area contributed by atoms with Crippen molar-refractivity contribution in [2.24, 2.45) is 5.73 Å². The van der Waals surface area contributed by atoms with Gasteiger partial charge in [-0.1, -0.05) is 43.5 Å². The molecule has 3 N–H and O–H groups in total. The minimum absolute atomic E-state index is 0.0555. The number of aromatic amines is 1. The molecule has 1 saturated carbocycles. The van der Waals surface area contributed by atoms with Crippen molar-refractivity contribution in [2.75, 3.05) is 0 Å². The van der Waals surface area contributed by atoms with Gasteiger partial charge in [0.25, 0.3) is 5.91 Å². The smallest absolute Gasteiger partial charge is 0.327 e. The van der Waals surface area contributed by atoms with E-state index in [1.807, 2.05) is 31.2 Å². The number of aryl methyl sites for hydroxylation is 1. The van der Waals surface area contributed by atoms with Crippen LogP contribution in [-0.4, -0.2) is 25.4 Å². The molecule has 0 saturated heterocycles. The zero-order chi connectivity index (χ0) is 18.3. The predicted molar refractivity (Wildman–Crippen MR) is 99.0 cm³/mol. The highest BCUT2D eigenvalue weighted by molar-refractivity contribution is 6.01. The fraction of sp³-hybridized carbons (Fsp3) is 0.368. The largest absolute Gasteiger partial charge is 0.364 e. The van der Waals surface area contributed by atoms with Crippen molar-refractivity contribution in [2.45, 2.75) is 45.1 Å². The molecule has 1 aliphatic rings. The Bertz CT molecular complexity index is 1040. The summed E-state index contributed by atoms with van der Waals surface area (Å²) in [5.74, 6) is -0.266. The first-order valence-corrected chi connectivity index (χ1v) is 8.94. The summed E-state index contributed by atoms with van der Waals surface area (Å²) < 4.78 is 1.68. The first kappa shape index (κ1) is 16.5. The summed E-state index contributed by atoms with van der Waals surface area (Å²) in [6.07, 6.45) is 5.22. The van der Waals surface area contributed by atoms with Crippen LogP contribution < -0.4 is 11.4 Å². The molecule has 0 atom stereocenters. The van der Waals surface area contributed by atoms with Gasteiger partial charge in [-0.05, 0) is 25.3 Å². The SMILES string of the molecule is Cc1ccccc1-c1nc(C(N)=O)c2[nH]c(=O)n(C3CCCCC3)c2n1. The van der Waals surface area contributed by atoms with Crippen molar-refractivity contribution in [3.05, 3.63) is 46.0 Å². The summed E-state index contributed by atoms with van der Waals surface area (Å²) >= 11 is 0. The number of nitrogens with one attached hydrogen (secondary N) is 1. The van der Waals surface area contributed by atoms with Crippen LogP contribution in [0.4, 0.5) is 0 Å². The molecule has 0 aliphatic heterocycles. The van der Waals surface area contributed by atoms with Gasteiger partial charge in [0.1, 0.15) is 5.52 Å². The highest BCUT2D eigenvalue weighted by Gasteiger charge is 2.24. The third-order valence-electron chi connectivity index (χ3n) is 5.13. The second-order valence-corrected chi connectivity index (χ2v) is 6.87. The molecule has 0 bridgehead atoms. The first-order chi connectivity index (χ1) is 12.6. The van der Waals surface area contributed by atoms with Gasteiger partial charge < -0.3 is 10.7 Å². The Morgan fingerprint density at radius 1 is 1.19 bits per heavy atom. The van der Waals surface area contributed by atoms with E-state index >= 15 is 0 Å². The van der Waals surface area contributed by atoms with Crippen LogP contribution in [0, 0.1) is 6.92 Å². The summed E-state index contributed by atoms with van der Waals surface area (Å²) in [4.78, 5) is 36.4. The summed E-state index contributed by atoms with van der Waals surface area (Å²) in [5.41, 5.74) is 7.94. The summed E-state index contributed by atoms with van der Waals surface area (Å²) in [5, 5.41) is 0. The zero-order valence-corrected chi connectivity index (χ0v) is 14.7. The molecule has 7 nitrogen and oxygen atoms in total. The van der Waals surface area contributed by atoms with E-state index < -0.39 is 5.91 Å². The minimum Gasteiger partial charge on any atom is -0.364 e. The Morgan fingerprint density at radius 2 is 1.92 bits per heavy atom. The fourth-order valence-corrected chi connectivity index (χ4v) is 3.80. The summed E-state index contributed by atoms with van der Waals surface area (Å²) in [7, 11) is 0. The number of nitrogens with zero attached hydrogens (tertiary/aromatic N) is 3. The number of rotatable bonds is 3. The zero-order valence-electron chi connectivity index (χ0n) is 14.7. The predicted octanol–water partition coefficient (Wildman–Crippen LogP) is 2.70. The molecule has 1 amide bonds. The van der Waals surface area contributed by atoms with E-state index in [-0.39, 0.29) is 17.4 Å². The van der Waals surface area contributed by atoms with Gasteiger partial charge in [0.2, 0.25) is 0 Å². The van der Waals surface area contributed by atoms with Crippen LogP contribution >= 0.6 is 0 Å². The normalized spacial score (nSPS) is 15.4. The number of hydrogen-bond acceptors (Lipinski definition) is 4. The molecular formula is C19H21N5O2. The van der Waals surface area contributed by atoms with Gasteiger partial charge in [-0.3, -0.25) is 9.36 Å². The van der Waals surface area contributed by atoms with E-state index in [0.717, 1.165) is 36.8 Å². The van der Waals surface area contributed by atoms with Gasteiger partial charge in [0.05, 0.1) is 0 Å². The molecule has 0 radical (unpaired) electrons. The van der Waals surface area contributed by atoms with Gasteiger partial charge in [-0.25, -0.2) is 14.8 Å². The summed E-state index contributed by atoms with van der Waals surface area (Å²) in [6, 6.07) is 7.77. The molecule has 2 aromatic heterocycles. The fourth-order valence-electron chi connectivity index (χ4n) is 3.80. The quantitative estimate of drug-likeness (QED) is 0.756. The van der Waals surface area contributed by atoms with Gasteiger partial charge in [-0.2, -0.15) is 0 Å². The number of hydrogen-bond donors (Lipinski definition) is 2. The summed E-state index contributed by atoms with van der Waals surface area (Å²) in [6.45, 7) is 1.96. The van der Waals surface area contributed by atoms with E-state index in [1.54, 1.807) is 4.57 Å². The Kier molecular flexibility index (Phi) is 4.06. The van der Waals surface area contributed by atoms with Crippen molar-refractivity contribution in [1.82, 2.24) is 19.5 Å². The maximum atomic E-state index is 12.6. The van der Waals surface area contributed by atoms with Crippen molar-refractivity contribution < 1.29 is 4.79 Å². The Morgan fingerprint density at radius 3 is 2.62 bits per heavy atom. The molecule has 2 heterocycles. The van der Waals surface area contributed by atoms with Gasteiger partial charge in [0.15, 0.2) is 17.2 Å². The van der Waals surface area contributed by atoms with E-state index in [1.165, 1.54) is 6.42 Å². The lowest BCUT2D eigenvalue weighted by atomic mass is 9.95. The molecule has 134 valence electrons. The Labute approximate surface area is 150 Å². The number of benzene rings is 1. The third kappa shape index (κ3) is 2.69. The monoisotopic (exact) mass is 351 g/mol. The van der Waals surface area contributed by atoms with Gasteiger partial charge in [0, 0.05) is 11.6 Å². The van der Waals surface area contributed by atoms with Crippen molar-refractivity contribution in [3.8, 4) is 11.4 Å². The molecule has 3 aromatic rings. The number of fused-ring (bicyclic) bond motifs is 1. The maximum Gasteiger partial charge on any atom is 0.327 e. The van der Waals surface area contributed by atoms with Crippen molar-refractivity contribution in [3.63, 3.8) is 0 Å². The number of aromatic nitrogens is 4. The number of nitrogens with two attached hydrogens (primary N) is 1. The average molecular weight is 351 g/mol. The van der Waals surface area contributed by atoms with Crippen LogP contribution in [0.2, 0.25) is 0 Å². The molecule has 1 fully saturated rings. The molecule has 1 aromatic carbocycles. The first-order valence-electron chi connectivity index (χ1n) is 8.94. The van der Waals surface area contributed by atoms with Crippen LogP contribution in [0.3, 0.4) is 0 Å². The van der Waals surface area contributed by atoms with Gasteiger partial charge in [-0.15, -0.1) is 0 Å². The molecule has 1 aliphatic carbocycles. The minimum atomic E-state index is -0.677. The van der Waals surface area contributed by atoms with Crippen molar-refractivity contribution in [1.29, 1.82) is 0 Å². The van der Waals surface area contributed by atoms with Crippen molar-refractivity contribution >= 4 is 17.1 Å². The molecule has 26 heavy (non-hydrogen) atoms. The topological polar surface area (TPSA) is 107 Å². The van der Waals surface area contributed by atoms with Crippen LogP contribution in [0.25, 0.3) is 22.6 Å². The molecule has 0 unspecified atom stereocenters. The average Bonchev–Trinajstić information content (AvgIpc) is 2.97. The number of primary amides is 1. The second-order valence-electron chi connectivity index (χ2n) is 6.87. The maximum absolute atomic E-state index is 12.6. The molecule has 4 rings (SSSR count). The van der Waals surface area contributed by atoms with Crippen LogP contribution in [-0.2, 0) is 0 Å². The van der Waals surface area contributed by atoms with Crippen LogP contribution in [0.1, 0.15) is 54.2 Å². The third-order valence-corrected chi connectivity index (χ3v) is 5.13. The highest BCUT2D eigenvalue weighted by Crippen LogP contribution is 2.30. The molecule has 7 heteroatoms. The van der Waals surface area contributed by atoms with E-state index in [9.17, 15) is 9.59 Å². The van der Waals surface area contributed by atoms with Gasteiger partial charge >= 0.3 is 5.69 Å². The lowest BCUT2D eigenvalue weighted by Gasteiger charge is -2.22. The van der Waals surface area contributed by atoms with E-state index in [2.05, 4.69) is 15.0 Å². The molecular weight excluding hydrogens is 330 g/mol. The Balaban J connectivity index is 2.00.